The van der Waals surface area contributed by atoms with Crippen LogP contribution in [0.3, 0.4) is 0 Å². The summed E-state index contributed by atoms with van der Waals surface area (Å²) in [7, 11) is 1.42. The molecular formula is C21H27Cl2N2O2P. The minimum atomic E-state index is -1.73. The SMILES string of the molecule is C=P(C)(C)C(Cc1cc(-n2nc3c(c2Cl)CCCC3)c(C)cc1Cl)C(=O)OC. The summed E-state index contributed by atoms with van der Waals surface area (Å²) in [5.41, 5.74) is 4.73. The van der Waals surface area contributed by atoms with E-state index in [0.717, 1.165) is 53.8 Å². The van der Waals surface area contributed by atoms with Gasteiger partial charge in [-0.05, 0) is 75.6 Å². The molecule has 0 amide bonds. The Morgan fingerprint density at radius 3 is 2.61 bits per heavy atom. The summed E-state index contributed by atoms with van der Waals surface area (Å²) in [6.07, 6.45) is 8.97. The molecule has 0 radical (unpaired) electrons. The molecule has 1 aromatic heterocycles. The fourth-order valence-electron chi connectivity index (χ4n) is 3.72. The lowest BCUT2D eigenvalue weighted by Crippen LogP contribution is -2.25. The number of carbonyl (C=O) groups is 1. The second kappa shape index (κ2) is 8.26. The maximum atomic E-state index is 12.4. The zero-order chi connectivity index (χ0) is 20.6. The van der Waals surface area contributed by atoms with Gasteiger partial charge in [0.15, 0.2) is 0 Å². The lowest BCUT2D eigenvalue weighted by atomic mass is 9.98. The Morgan fingerprint density at radius 2 is 2.00 bits per heavy atom. The first-order chi connectivity index (χ1) is 13.1. The van der Waals surface area contributed by atoms with Crippen molar-refractivity contribution in [3.05, 3.63) is 44.7 Å². The number of aryl methyl sites for hydroxylation is 2. The highest BCUT2D eigenvalue weighted by atomic mass is 35.5. The van der Waals surface area contributed by atoms with Crippen molar-refractivity contribution >= 4 is 42.4 Å². The van der Waals surface area contributed by atoms with Gasteiger partial charge in [0.2, 0.25) is 0 Å². The third-order valence-electron chi connectivity index (χ3n) is 5.42. The molecule has 0 bridgehead atoms. The van der Waals surface area contributed by atoms with Gasteiger partial charge in [0, 0.05) is 10.6 Å². The van der Waals surface area contributed by atoms with Gasteiger partial charge in [-0.15, -0.1) is 13.2 Å². The Bertz CT molecular complexity index is 962. The molecule has 28 heavy (non-hydrogen) atoms. The number of halogens is 2. The van der Waals surface area contributed by atoms with Crippen molar-refractivity contribution < 1.29 is 9.53 Å². The van der Waals surface area contributed by atoms with Crippen molar-refractivity contribution in [2.24, 2.45) is 0 Å². The number of fused-ring (bicyclic) bond motifs is 1. The summed E-state index contributed by atoms with van der Waals surface area (Å²) in [5, 5.41) is 6.09. The molecule has 0 saturated carbocycles. The molecule has 0 aliphatic heterocycles. The van der Waals surface area contributed by atoms with Crippen molar-refractivity contribution in [3.63, 3.8) is 0 Å². The number of nitrogens with zero attached hydrogens (tertiary/aromatic N) is 2. The Morgan fingerprint density at radius 1 is 1.32 bits per heavy atom. The molecule has 152 valence electrons. The van der Waals surface area contributed by atoms with E-state index in [9.17, 15) is 4.79 Å². The molecule has 1 heterocycles. The predicted molar refractivity (Wildman–Crippen MR) is 120 cm³/mol. The van der Waals surface area contributed by atoms with E-state index in [1.165, 1.54) is 7.11 Å². The summed E-state index contributed by atoms with van der Waals surface area (Å²) in [4.78, 5) is 12.4. The number of esters is 1. The van der Waals surface area contributed by atoms with Crippen LogP contribution in [0.4, 0.5) is 0 Å². The number of carbonyl (C=O) groups excluding carboxylic acids is 1. The van der Waals surface area contributed by atoms with E-state index >= 15 is 0 Å². The van der Waals surface area contributed by atoms with Crippen LogP contribution in [0, 0.1) is 6.92 Å². The summed E-state index contributed by atoms with van der Waals surface area (Å²) < 4.78 is 6.85. The molecule has 1 aliphatic carbocycles. The van der Waals surface area contributed by atoms with Crippen LogP contribution in [0.2, 0.25) is 10.2 Å². The maximum absolute atomic E-state index is 12.4. The highest BCUT2D eigenvalue weighted by molar-refractivity contribution is 7.73. The standard InChI is InChI=1S/C21H27Cl2N2O2P/c1-13-10-16(22)14(12-19(21(26)27-2)28(3,4)5)11-18(13)25-20(23)15-8-6-7-9-17(15)24-25/h10-11,19H,3,6-9,12H2,1-2,4-5H3. The van der Waals surface area contributed by atoms with Crippen LogP contribution in [-0.4, -0.2) is 48.1 Å². The Balaban J connectivity index is 2.05. The minimum Gasteiger partial charge on any atom is -0.469 e. The van der Waals surface area contributed by atoms with Crippen molar-refractivity contribution in [3.8, 4) is 5.69 Å². The molecule has 0 saturated heterocycles. The first kappa shape index (κ1) is 21.5. The number of benzene rings is 1. The van der Waals surface area contributed by atoms with E-state index in [4.69, 9.17) is 33.0 Å². The van der Waals surface area contributed by atoms with Crippen LogP contribution < -0.4 is 0 Å². The van der Waals surface area contributed by atoms with Crippen LogP contribution >= 0.6 is 30.1 Å². The van der Waals surface area contributed by atoms with Crippen molar-refractivity contribution in [1.29, 1.82) is 0 Å². The van der Waals surface area contributed by atoms with Crippen LogP contribution in [-0.2, 0) is 28.8 Å². The van der Waals surface area contributed by atoms with Crippen LogP contribution in [0.5, 0.6) is 0 Å². The van der Waals surface area contributed by atoms with Crippen LogP contribution in [0.25, 0.3) is 5.69 Å². The van der Waals surface area contributed by atoms with Crippen molar-refractivity contribution in [2.45, 2.75) is 44.7 Å². The number of ether oxygens (including phenoxy) is 1. The molecule has 1 aromatic carbocycles. The lowest BCUT2D eigenvalue weighted by molar-refractivity contribution is -0.140. The van der Waals surface area contributed by atoms with Gasteiger partial charge in [0.05, 0.1) is 24.2 Å². The van der Waals surface area contributed by atoms with Crippen LogP contribution in [0.15, 0.2) is 12.1 Å². The van der Waals surface area contributed by atoms with E-state index in [1.807, 2.05) is 37.1 Å². The first-order valence-corrected chi connectivity index (χ1v) is 13.1. The number of hydrogen-bond donors (Lipinski definition) is 0. The largest absolute Gasteiger partial charge is 0.469 e. The Hall–Kier alpha value is -1.22. The zero-order valence-corrected chi connectivity index (χ0v) is 19.3. The maximum Gasteiger partial charge on any atom is 0.313 e. The molecule has 3 rings (SSSR count). The van der Waals surface area contributed by atoms with E-state index in [2.05, 4.69) is 6.30 Å². The smallest absolute Gasteiger partial charge is 0.313 e. The summed E-state index contributed by atoms with van der Waals surface area (Å²) in [6.45, 7) is 4.34. The fourth-order valence-corrected chi connectivity index (χ4v) is 5.72. The highest BCUT2D eigenvalue weighted by Crippen LogP contribution is 2.45. The van der Waals surface area contributed by atoms with Crippen molar-refractivity contribution in [1.82, 2.24) is 9.78 Å². The van der Waals surface area contributed by atoms with Gasteiger partial charge in [0.25, 0.3) is 0 Å². The summed E-state index contributed by atoms with van der Waals surface area (Å²) in [5.74, 6) is -0.237. The van der Waals surface area contributed by atoms with E-state index in [0.29, 0.717) is 16.6 Å². The van der Waals surface area contributed by atoms with Crippen molar-refractivity contribution in [2.75, 3.05) is 20.4 Å². The second-order valence-electron chi connectivity index (χ2n) is 8.09. The normalized spacial score (nSPS) is 15.2. The monoisotopic (exact) mass is 440 g/mol. The molecule has 0 fully saturated rings. The molecule has 1 unspecified atom stereocenters. The van der Waals surface area contributed by atoms with Gasteiger partial charge < -0.3 is 4.74 Å². The van der Waals surface area contributed by atoms with Gasteiger partial charge in [-0.25, -0.2) is 4.68 Å². The topological polar surface area (TPSA) is 44.1 Å². The van der Waals surface area contributed by atoms with E-state index < -0.39 is 6.89 Å². The highest BCUT2D eigenvalue weighted by Gasteiger charge is 2.28. The average molecular weight is 441 g/mol. The third kappa shape index (κ3) is 4.20. The van der Waals surface area contributed by atoms with Gasteiger partial charge >= 0.3 is 5.97 Å². The lowest BCUT2D eigenvalue weighted by Gasteiger charge is -2.25. The van der Waals surface area contributed by atoms with Gasteiger partial charge in [-0.1, -0.05) is 23.2 Å². The number of hydrogen-bond acceptors (Lipinski definition) is 3. The quantitative estimate of drug-likeness (QED) is 0.476. The van der Waals surface area contributed by atoms with Crippen LogP contribution in [0.1, 0.15) is 35.2 Å². The molecule has 4 nitrogen and oxygen atoms in total. The predicted octanol–water partition coefficient (Wildman–Crippen LogP) is 5.16. The number of methoxy groups -OCH3 is 1. The molecule has 0 N–H and O–H groups in total. The van der Waals surface area contributed by atoms with Gasteiger partial charge in [-0.3, -0.25) is 4.79 Å². The minimum absolute atomic E-state index is 0.237. The Kier molecular flexibility index (Phi) is 6.34. The fraction of sp³-hybridized carbons (Fsp3) is 0.476. The molecule has 0 spiro atoms. The Labute approximate surface area is 177 Å². The average Bonchev–Trinajstić information content (AvgIpc) is 2.96. The molecular weight excluding hydrogens is 414 g/mol. The van der Waals surface area contributed by atoms with Gasteiger partial charge in [0.1, 0.15) is 5.15 Å². The third-order valence-corrected chi connectivity index (χ3v) is 8.24. The van der Waals surface area contributed by atoms with E-state index in [-0.39, 0.29) is 11.6 Å². The number of rotatable bonds is 5. The number of aromatic nitrogens is 2. The van der Waals surface area contributed by atoms with Gasteiger partial charge in [-0.2, -0.15) is 5.10 Å². The summed E-state index contributed by atoms with van der Waals surface area (Å²) in [6, 6.07) is 3.93. The molecule has 7 heteroatoms. The first-order valence-electron chi connectivity index (χ1n) is 9.45. The van der Waals surface area contributed by atoms with E-state index in [1.54, 1.807) is 0 Å². The second-order valence-corrected chi connectivity index (χ2v) is 13.0. The molecule has 1 atom stereocenters. The summed E-state index contributed by atoms with van der Waals surface area (Å²) >= 11 is 13.2. The molecule has 2 aromatic rings. The zero-order valence-electron chi connectivity index (χ0n) is 16.9. The molecule has 1 aliphatic rings.